The molecule has 0 spiro atoms. The Morgan fingerprint density at radius 1 is 1.04 bits per heavy atom. The predicted molar refractivity (Wildman–Crippen MR) is 99.5 cm³/mol. The molecule has 1 unspecified atom stereocenters. The highest BCUT2D eigenvalue weighted by molar-refractivity contribution is 6.15. The summed E-state index contributed by atoms with van der Waals surface area (Å²) < 4.78 is 9.91. The van der Waals surface area contributed by atoms with E-state index in [-0.39, 0.29) is 12.2 Å². The van der Waals surface area contributed by atoms with Crippen molar-refractivity contribution in [2.24, 2.45) is 0 Å². The average Bonchev–Trinajstić information content (AvgIpc) is 2.81. The van der Waals surface area contributed by atoms with Crippen molar-refractivity contribution >= 4 is 23.4 Å². The van der Waals surface area contributed by atoms with Crippen molar-refractivity contribution in [1.29, 1.82) is 0 Å². The Labute approximate surface area is 157 Å². The summed E-state index contributed by atoms with van der Waals surface area (Å²) in [6.45, 7) is 1.91. The maximum absolute atomic E-state index is 13.3. The third-order valence-electron chi connectivity index (χ3n) is 4.86. The molecule has 1 heterocycles. The number of carbonyl (C=O) groups excluding carboxylic acids is 3. The monoisotopic (exact) mass is 367 g/mol. The molecule has 2 aromatic rings. The zero-order valence-corrected chi connectivity index (χ0v) is 15.4. The number of Topliss-reactive ketones (excluding diaryl/α,β-unsaturated/α-hetero) is 1. The van der Waals surface area contributed by atoms with Crippen LogP contribution in [0.5, 0.6) is 0 Å². The quantitative estimate of drug-likeness (QED) is 0.663. The Morgan fingerprint density at radius 3 is 2.26 bits per heavy atom. The molecule has 1 aliphatic rings. The van der Waals surface area contributed by atoms with E-state index in [4.69, 9.17) is 9.47 Å². The number of nitrogens with one attached hydrogen (secondary N) is 1. The first-order valence-electron chi connectivity index (χ1n) is 8.56. The number of rotatable bonds is 3. The maximum atomic E-state index is 13.3. The first kappa shape index (κ1) is 18.6. The second-order valence-electron chi connectivity index (χ2n) is 6.56. The molecule has 1 N–H and O–H groups in total. The molecule has 0 fully saturated rings. The number of ketones is 1. The Bertz CT molecular complexity index is 875. The zero-order valence-electron chi connectivity index (χ0n) is 15.4. The molecule has 1 aliphatic heterocycles. The van der Waals surface area contributed by atoms with Gasteiger partial charge in [-0.25, -0.2) is 9.59 Å². The Morgan fingerprint density at radius 2 is 1.67 bits per heavy atom. The van der Waals surface area contributed by atoms with Crippen LogP contribution in [-0.2, 0) is 30.3 Å². The molecule has 6 nitrogen and oxygen atoms in total. The molecule has 0 bridgehead atoms. The minimum Gasteiger partial charge on any atom is -0.467 e. The molecule has 0 amide bonds. The van der Waals surface area contributed by atoms with Gasteiger partial charge in [0.1, 0.15) is 5.78 Å². The first-order valence-corrected chi connectivity index (χ1v) is 8.56. The van der Waals surface area contributed by atoms with Crippen LogP contribution in [0.2, 0.25) is 0 Å². The van der Waals surface area contributed by atoms with Gasteiger partial charge in [0, 0.05) is 12.1 Å². The van der Waals surface area contributed by atoms with Crippen molar-refractivity contribution in [3.05, 3.63) is 65.2 Å². The third-order valence-corrected chi connectivity index (χ3v) is 4.86. The summed E-state index contributed by atoms with van der Waals surface area (Å²) in [6, 6.07) is 14.2. The fourth-order valence-electron chi connectivity index (χ4n) is 3.63. The van der Waals surface area contributed by atoms with Gasteiger partial charge in [0.25, 0.3) is 0 Å². The van der Waals surface area contributed by atoms with Gasteiger partial charge in [-0.1, -0.05) is 48.0 Å². The lowest BCUT2D eigenvalue weighted by atomic mass is 9.76. The molecule has 0 aliphatic carbocycles. The van der Waals surface area contributed by atoms with Gasteiger partial charge in [-0.15, -0.1) is 0 Å². The summed E-state index contributed by atoms with van der Waals surface area (Å²) in [7, 11) is 2.37. The number of fused-ring (bicyclic) bond motifs is 1. The molecule has 0 aromatic heterocycles. The first-order chi connectivity index (χ1) is 12.9. The lowest BCUT2D eigenvalue weighted by Crippen LogP contribution is -2.60. The van der Waals surface area contributed by atoms with E-state index in [1.165, 1.54) is 14.2 Å². The van der Waals surface area contributed by atoms with Crippen molar-refractivity contribution in [2.45, 2.75) is 24.8 Å². The lowest BCUT2D eigenvalue weighted by Gasteiger charge is -2.35. The molecule has 0 saturated carbocycles. The predicted octanol–water partition coefficient (Wildman–Crippen LogP) is 2.40. The van der Waals surface area contributed by atoms with E-state index in [9.17, 15) is 14.4 Å². The largest absolute Gasteiger partial charge is 0.467 e. The number of carbonyl (C=O) groups is 3. The summed E-state index contributed by atoms with van der Waals surface area (Å²) in [5.41, 5.74) is 0.750. The smallest absolute Gasteiger partial charge is 0.344 e. The van der Waals surface area contributed by atoms with Gasteiger partial charge in [0.05, 0.1) is 20.1 Å². The van der Waals surface area contributed by atoms with E-state index in [2.05, 4.69) is 5.32 Å². The van der Waals surface area contributed by atoms with Gasteiger partial charge in [-0.3, -0.25) is 4.79 Å². The van der Waals surface area contributed by atoms with Crippen molar-refractivity contribution in [3.8, 4) is 0 Å². The molecule has 27 heavy (non-hydrogen) atoms. The van der Waals surface area contributed by atoms with Gasteiger partial charge < -0.3 is 14.8 Å². The second-order valence-corrected chi connectivity index (χ2v) is 6.56. The van der Waals surface area contributed by atoms with Crippen LogP contribution in [0.4, 0.5) is 5.69 Å². The van der Waals surface area contributed by atoms with Crippen molar-refractivity contribution in [1.82, 2.24) is 0 Å². The number of hydrogen-bond donors (Lipinski definition) is 1. The molecule has 140 valence electrons. The fourth-order valence-corrected chi connectivity index (χ4v) is 3.63. The summed E-state index contributed by atoms with van der Waals surface area (Å²) in [5, 5.41) is 3.01. The van der Waals surface area contributed by atoms with Crippen LogP contribution in [-0.4, -0.2) is 37.5 Å². The minimum atomic E-state index is -2.01. The number of methoxy groups -OCH3 is 2. The van der Waals surface area contributed by atoms with Crippen LogP contribution in [0.3, 0.4) is 0 Å². The number of ether oxygens (including phenoxy) is 2. The minimum absolute atomic E-state index is 0.0827. The third kappa shape index (κ3) is 3.07. The van der Waals surface area contributed by atoms with Gasteiger partial charge >= 0.3 is 11.9 Å². The van der Waals surface area contributed by atoms with Crippen molar-refractivity contribution in [2.75, 3.05) is 19.5 Å². The lowest BCUT2D eigenvalue weighted by molar-refractivity contribution is -0.162. The van der Waals surface area contributed by atoms with Crippen LogP contribution in [0, 0.1) is 6.92 Å². The number of benzene rings is 2. The molecular formula is C21H21NO5. The highest BCUT2D eigenvalue weighted by atomic mass is 16.5. The van der Waals surface area contributed by atoms with E-state index in [0.717, 1.165) is 11.1 Å². The topological polar surface area (TPSA) is 81.7 Å². The van der Waals surface area contributed by atoms with Crippen LogP contribution in [0.25, 0.3) is 0 Å². The van der Waals surface area contributed by atoms with Crippen molar-refractivity contribution < 1.29 is 23.9 Å². The normalized spacial score (nSPS) is 17.9. The molecule has 2 aromatic carbocycles. The number of aryl methyl sites for hydroxylation is 1. The zero-order chi connectivity index (χ0) is 19.6. The van der Waals surface area contributed by atoms with E-state index in [1.54, 1.807) is 36.4 Å². The molecule has 0 saturated heterocycles. The number of esters is 2. The number of hydrogen-bond acceptors (Lipinski definition) is 6. The van der Waals surface area contributed by atoms with E-state index < -0.39 is 23.4 Å². The highest BCUT2D eigenvalue weighted by Crippen LogP contribution is 2.40. The Hall–Kier alpha value is -3.15. The molecule has 6 heteroatoms. The van der Waals surface area contributed by atoms with Gasteiger partial charge in [-0.05, 0) is 24.1 Å². The van der Waals surface area contributed by atoms with Gasteiger partial charge in [0.15, 0.2) is 0 Å². The van der Waals surface area contributed by atoms with Gasteiger partial charge in [0.2, 0.25) is 5.54 Å². The fraction of sp³-hybridized carbons (Fsp3) is 0.286. The molecule has 3 rings (SSSR count). The van der Waals surface area contributed by atoms with Crippen LogP contribution < -0.4 is 5.32 Å². The van der Waals surface area contributed by atoms with Crippen LogP contribution in [0.15, 0.2) is 48.5 Å². The van der Waals surface area contributed by atoms with E-state index in [0.29, 0.717) is 11.3 Å². The Kier molecular flexibility index (Phi) is 4.99. The number of anilines is 1. The Balaban J connectivity index is 2.30. The summed E-state index contributed by atoms with van der Waals surface area (Å²) >= 11 is 0. The average molecular weight is 367 g/mol. The van der Waals surface area contributed by atoms with Crippen LogP contribution in [0.1, 0.15) is 22.6 Å². The molecule has 0 radical (unpaired) electrons. The van der Waals surface area contributed by atoms with E-state index in [1.807, 2.05) is 19.1 Å². The van der Waals surface area contributed by atoms with Crippen LogP contribution >= 0.6 is 0 Å². The maximum Gasteiger partial charge on any atom is 0.344 e. The second kappa shape index (κ2) is 7.23. The highest BCUT2D eigenvalue weighted by Gasteiger charge is 2.59. The van der Waals surface area contributed by atoms with Gasteiger partial charge in [-0.2, -0.15) is 0 Å². The molecular weight excluding hydrogens is 346 g/mol. The van der Waals surface area contributed by atoms with E-state index >= 15 is 0 Å². The molecule has 1 atom stereocenters. The summed E-state index contributed by atoms with van der Waals surface area (Å²) in [5.74, 6) is -3.10. The summed E-state index contributed by atoms with van der Waals surface area (Å²) in [6.07, 6.45) is 0.0827. The summed E-state index contributed by atoms with van der Waals surface area (Å²) in [4.78, 5) is 39.1. The van der Waals surface area contributed by atoms with Crippen molar-refractivity contribution in [3.63, 3.8) is 0 Å². The standard InChI is InChI=1S/C21H21NO5/c1-13-9-10-16-15(11-13)12-17(23)18(14-7-5-4-6-8-14)21(22-16,19(24)26-2)20(25)27-3/h4-11,18,22H,12H2,1-3H3. The SMILES string of the molecule is COC(=O)C1(C(=O)OC)Nc2ccc(C)cc2CC(=O)C1c1ccccc1.